The van der Waals surface area contributed by atoms with Crippen LogP contribution >= 0.6 is 34.4 Å². The van der Waals surface area contributed by atoms with E-state index in [-0.39, 0.29) is 0 Å². The molecule has 0 heterocycles. The van der Waals surface area contributed by atoms with Crippen LogP contribution in [-0.4, -0.2) is 0 Å². The van der Waals surface area contributed by atoms with Gasteiger partial charge in [-0.1, -0.05) is 11.8 Å². The number of hydrogen-bond donors (Lipinski definition) is 0. The van der Waals surface area contributed by atoms with Gasteiger partial charge in [0, 0.05) is 13.4 Å². The van der Waals surface area contributed by atoms with Crippen LogP contribution in [0.4, 0.5) is 0 Å². The van der Waals surface area contributed by atoms with Gasteiger partial charge in [-0.2, -0.15) is 10.5 Å². The minimum atomic E-state index is 0.513. The summed E-state index contributed by atoms with van der Waals surface area (Å²) in [5.41, 5.74) is 1.05. The quantitative estimate of drug-likeness (QED) is 0.753. The van der Waals surface area contributed by atoms with Gasteiger partial charge < -0.3 is 0 Å². The van der Waals surface area contributed by atoms with E-state index in [0.717, 1.165) is 9.79 Å². The molecule has 2 aromatic rings. The van der Waals surface area contributed by atoms with E-state index < -0.39 is 0 Å². The summed E-state index contributed by atoms with van der Waals surface area (Å²) in [6, 6.07) is 17.4. The third-order valence-electron chi connectivity index (χ3n) is 2.27. The molecule has 86 valence electrons. The monoisotopic (exact) mass is 362 g/mol. The van der Waals surface area contributed by atoms with Crippen molar-refractivity contribution in [2.24, 2.45) is 0 Å². The highest BCUT2D eigenvalue weighted by molar-refractivity contribution is 14.1. The molecular formula is C14H7IN2S. The number of benzene rings is 2. The lowest BCUT2D eigenvalue weighted by atomic mass is 10.1. The van der Waals surface area contributed by atoms with Gasteiger partial charge in [0.2, 0.25) is 0 Å². The van der Waals surface area contributed by atoms with E-state index in [0.29, 0.717) is 11.1 Å². The summed E-state index contributed by atoms with van der Waals surface area (Å²) in [5.74, 6) is 0. The van der Waals surface area contributed by atoms with Crippen LogP contribution in [0.15, 0.2) is 52.3 Å². The molecule has 0 atom stereocenters. The van der Waals surface area contributed by atoms with Gasteiger partial charge >= 0.3 is 0 Å². The van der Waals surface area contributed by atoms with Crippen molar-refractivity contribution in [3.05, 3.63) is 57.2 Å². The summed E-state index contributed by atoms with van der Waals surface area (Å²) in [6.45, 7) is 0. The standard InChI is InChI=1S/C14H7IN2S/c15-12-2-4-13(5-3-12)18-14-6-1-10(8-16)7-11(14)9-17/h1-7H. The Labute approximate surface area is 123 Å². The Balaban J connectivity index is 2.32. The Bertz CT molecular complexity index is 651. The van der Waals surface area contributed by atoms with Gasteiger partial charge in [-0.25, -0.2) is 0 Å². The molecule has 0 radical (unpaired) electrons. The molecule has 2 aromatic carbocycles. The molecule has 0 saturated carbocycles. The van der Waals surface area contributed by atoms with Crippen molar-refractivity contribution >= 4 is 34.4 Å². The molecule has 2 rings (SSSR count). The lowest BCUT2D eigenvalue weighted by molar-refractivity contribution is 1.33. The molecule has 0 aliphatic heterocycles. The van der Waals surface area contributed by atoms with Gasteiger partial charge in [-0.15, -0.1) is 0 Å². The molecule has 0 unspecified atom stereocenters. The lowest BCUT2D eigenvalue weighted by Gasteiger charge is -2.04. The van der Waals surface area contributed by atoms with Crippen molar-refractivity contribution < 1.29 is 0 Å². The highest BCUT2D eigenvalue weighted by Gasteiger charge is 2.05. The molecule has 0 aliphatic carbocycles. The van der Waals surface area contributed by atoms with E-state index in [1.807, 2.05) is 36.4 Å². The van der Waals surface area contributed by atoms with E-state index >= 15 is 0 Å². The maximum absolute atomic E-state index is 9.09. The summed E-state index contributed by atoms with van der Waals surface area (Å²) in [7, 11) is 0. The molecule has 0 aromatic heterocycles. The molecule has 0 N–H and O–H groups in total. The largest absolute Gasteiger partial charge is 0.192 e. The zero-order valence-electron chi connectivity index (χ0n) is 9.22. The third kappa shape index (κ3) is 3.04. The zero-order valence-corrected chi connectivity index (χ0v) is 12.2. The Morgan fingerprint density at radius 2 is 1.67 bits per heavy atom. The Hall–Kier alpha value is -1.50. The summed E-state index contributed by atoms with van der Waals surface area (Å²) >= 11 is 3.78. The second-order valence-corrected chi connectivity index (χ2v) is 5.85. The summed E-state index contributed by atoms with van der Waals surface area (Å²) in [6.07, 6.45) is 0. The SMILES string of the molecule is N#Cc1ccc(Sc2ccc(I)cc2)c(C#N)c1. The molecular weight excluding hydrogens is 355 g/mol. The van der Waals surface area contributed by atoms with Crippen molar-refractivity contribution in [1.29, 1.82) is 10.5 Å². The number of nitriles is 2. The van der Waals surface area contributed by atoms with Crippen molar-refractivity contribution in [2.75, 3.05) is 0 Å². The predicted octanol–water partition coefficient (Wildman–Crippen LogP) is 4.19. The van der Waals surface area contributed by atoms with Crippen LogP contribution in [0.2, 0.25) is 0 Å². The average Bonchev–Trinajstić information content (AvgIpc) is 2.41. The van der Waals surface area contributed by atoms with Crippen molar-refractivity contribution in [2.45, 2.75) is 9.79 Å². The van der Waals surface area contributed by atoms with Crippen LogP contribution in [0.5, 0.6) is 0 Å². The first kappa shape index (κ1) is 12.9. The van der Waals surface area contributed by atoms with Crippen LogP contribution in [0.3, 0.4) is 0 Å². The fourth-order valence-corrected chi connectivity index (χ4v) is 2.64. The van der Waals surface area contributed by atoms with E-state index in [1.54, 1.807) is 12.1 Å². The highest BCUT2D eigenvalue weighted by atomic mass is 127. The lowest BCUT2D eigenvalue weighted by Crippen LogP contribution is -1.84. The predicted molar refractivity (Wildman–Crippen MR) is 79.2 cm³/mol. The van der Waals surface area contributed by atoms with E-state index in [2.05, 4.69) is 28.7 Å². The number of rotatable bonds is 2. The number of hydrogen-bond acceptors (Lipinski definition) is 3. The topological polar surface area (TPSA) is 47.6 Å². The van der Waals surface area contributed by atoms with Crippen LogP contribution in [0, 0.1) is 26.2 Å². The molecule has 2 nitrogen and oxygen atoms in total. The normalized spacial score (nSPS) is 9.50. The maximum atomic E-state index is 9.09. The van der Waals surface area contributed by atoms with Crippen molar-refractivity contribution in [3.8, 4) is 12.1 Å². The van der Waals surface area contributed by atoms with Crippen LogP contribution in [0.1, 0.15) is 11.1 Å². The molecule has 4 heteroatoms. The second-order valence-electron chi connectivity index (χ2n) is 3.49. The molecule has 0 fully saturated rings. The minimum absolute atomic E-state index is 0.513. The first-order valence-electron chi connectivity index (χ1n) is 5.10. The van der Waals surface area contributed by atoms with Crippen LogP contribution in [-0.2, 0) is 0 Å². The van der Waals surface area contributed by atoms with Crippen molar-refractivity contribution in [3.63, 3.8) is 0 Å². The van der Waals surface area contributed by atoms with Crippen LogP contribution in [0.25, 0.3) is 0 Å². The summed E-state index contributed by atoms with van der Waals surface area (Å²) < 4.78 is 1.18. The summed E-state index contributed by atoms with van der Waals surface area (Å²) in [4.78, 5) is 1.95. The number of halogens is 1. The van der Waals surface area contributed by atoms with Gasteiger partial charge in [-0.3, -0.25) is 0 Å². The highest BCUT2D eigenvalue weighted by Crippen LogP contribution is 2.31. The molecule has 18 heavy (non-hydrogen) atoms. The van der Waals surface area contributed by atoms with Gasteiger partial charge in [0.1, 0.15) is 6.07 Å². The van der Waals surface area contributed by atoms with Crippen LogP contribution < -0.4 is 0 Å². The molecule has 0 aliphatic rings. The Morgan fingerprint density at radius 1 is 0.944 bits per heavy atom. The number of nitrogens with zero attached hydrogens (tertiary/aromatic N) is 2. The summed E-state index contributed by atoms with van der Waals surface area (Å²) in [5, 5.41) is 17.9. The third-order valence-corrected chi connectivity index (χ3v) is 4.07. The zero-order chi connectivity index (χ0) is 13.0. The van der Waals surface area contributed by atoms with E-state index in [9.17, 15) is 0 Å². The molecule has 0 bridgehead atoms. The maximum Gasteiger partial charge on any atom is 0.100 e. The smallest absolute Gasteiger partial charge is 0.100 e. The molecule has 0 amide bonds. The Morgan fingerprint density at radius 3 is 2.28 bits per heavy atom. The molecule has 0 saturated heterocycles. The van der Waals surface area contributed by atoms with E-state index in [4.69, 9.17) is 10.5 Å². The van der Waals surface area contributed by atoms with Gasteiger partial charge in [0.15, 0.2) is 0 Å². The first-order valence-corrected chi connectivity index (χ1v) is 7.00. The fraction of sp³-hybridized carbons (Fsp3) is 0. The Kier molecular flexibility index (Phi) is 4.24. The second kappa shape index (κ2) is 5.90. The van der Waals surface area contributed by atoms with Gasteiger partial charge in [0.05, 0.1) is 17.2 Å². The van der Waals surface area contributed by atoms with Gasteiger partial charge in [0.25, 0.3) is 0 Å². The first-order chi connectivity index (χ1) is 8.72. The fourth-order valence-electron chi connectivity index (χ4n) is 1.41. The van der Waals surface area contributed by atoms with Crippen molar-refractivity contribution in [1.82, 2.24) is 0 Å². The molecule has 0 spiro atoms. The van der Waals surface area contributed by atoms with E-state index in [1.165, 1.54) is 15.3 Å². The van der Waals surface area contributed by atoms with Gasteiger partial charge in [-0.05, 0) is 65.1 Å². The average molecular weight is 362 g/mol. The minimum Gasteiger partial charge on any atom is -0.192 e.